The van der Waals surface area contributed by atoms with Gasteiger partial charge in [0.15, 0.2) is 0 Å². The van der Waals surface area contributed by atoms with Crippen LogP contribution in [0.25, 0.3) is 0 Å². The van der Waals surface area contributed by atoms with Gasteiger partial charge in [-0.2, -0.15) is 0 Å². The minimum Gasteiger partial charge on any atom is -0.350 e. The van der Waals surface area contributed by atoms with Crippen LogP contribution in [0.4, 0.5) is 10.1 Å². The number of hydrogen-bond acceptors (Lipinski definition) is 4. The lowest BCUT2D eigenvalue weighted by atomic mass is 9.78. The molecule has 0 saturated heterocycles. The van der Waals surface area contributed by atoms with Gasteiger partial charge in [-0.15, -0.1) is 12.4 Å². The largest absolute Gasteiger partial charge is 0.350 e. The third kappa shape index (κ3) is 3.43. The number of amides is 1. The number of nitrogens with two attached hydrogens (primary N) is 1. The van der Waals surface area contributed by atoms with Crippen LogP contribution in [0.1, 0.15) is 29.6 Å². The maximum absolute atomic E-state index is 13.6. The van der Waals surface area contributed by atoms with Gasteiger partial charge in [-0.25, -0.2) is 4.39 Å². The number of nitrogens with zero attached hydrogens (tertiary/aromatic N) is 1. The quantitative estimate of drug-likeness (QED) is 0.654. The van der Waals surface area contributed by atoms with Gasteiger partial charge in [0.05, 0.1) is 16.6 Å². The monoisotopic (exact) mass is 303 g/mol. The van der Waals surface area contributed by atoms with Crippen molar-refractivity contribution in [3.63, 3.8) is 0 Å². The summed E-state index contributed by atoms with van der Waals surface area (Å²) in [6.07, 6.45) is 2.68. The van der Waals surface area contributed by atoms with E-state index in [9.17, 15) is 19.3 Å². The Hall–Kier alpha value is -1.73. The molecular formula is C12H15ClFN3O3. The van der Waals surface area contributed by atoms with Crippen LogP contribution in [0.3, 0.4) is 0 Å². The fourth-order valence-electron chi connectivity index (χ4n) is 1.96. The van der Waals surface area contributed by atoms with Gasteiger partial charge in [-0.05, 0) is 25.3 Å². The first-order chi connectivity index (χ1) is 8.91. The molecular weight excluding hydrogens is 289 g/mol. The molecule has 0 radical (unpaired) electrons. The Kier molecular flexibility index (Phi) is 5.02. The van der Waals surface area contributed by atoms with Crippen molar-refractivity contribution in [3.05, 3.63) is 39.7 Å². The summed E-state index contributed by atoms with van der Waals surface area (Å²) in [5.41, 5.74) is 4.94. The molecule has 0 heterocycles. The Labute approximate surface area is 121 Å². The molecule has 110 valence electrons. The van der Waals surface area contributed by atoms with Crippen molar-refractivity contribution < 1.29 is 14.1 Å². The summed E-state index contributed by atoms with van der Waals surface area (Å²) >= 11 is 0. The summed E-state index contributed by atoms with van der Waals surface area (Å²) in [5, 5.41) is 13.0. The van der Waals surface area contributed by atoms with E-state index >= 15 is 0 Å². The lowest BCUT2D eigenvalue weighted by Gasteiger charge is -2.38. The first-order valence-electron chi connectivity index (χ1n) is 5.92. The Bertz CT molecular complexity index is 535. The molecule has 1 aromatic rings. The normalized spacial score (nSPS) is 15.7. The first kappa shape index (κ1) is 16.3. The molecule has 20 heavy (non-hydrogen) atoms. The van der Waals surface area contributed by atoms with Crippen LogP contribution in [-0.2, 0) is 0 Å². The van der Waals surface area contributed by atoms with Gasteiger partial charge < -0.3 is 11.1 Å². The topological polar surface area (TPSA) is 98.3 Å². The summed E-state index contributed by atoms with van der Waals surface area (Å²) in [5.74, 6) is -1.52. The number of non-ortho nitro benzene ring substituents is 1. The van der Waals surface area contributed by atoms with E-state index in [1.807, 2.05) is 0 Å². The van der Waals surface area contributed by atoms with Crippen molar-refractivity contribution in [1.29, 1.82) is 0 Å². The van der Waals surface area contributed by atoms with E-state index in [1.54, 1.807) is 0 Å². The summed E-state index contributed by atoms with van der Waals surface area (Å²) in [6, 6.07) is 2.93. The molecule has 1 aliphatic carbocycles. The van der Waals surface area contributed by atoms with Crippen LogP contribution in [0.2, 0.25) is 0 Å². The second kappa shape index (κ2) is 6.15. The van der Waals surface area contributed by atoms with Crippen LogP contribution in [0.5, 0.6) is 0 Å². The third-order valence-electron chi connectivity index (χ3n) is 3.36. The van der Waals surface area contributed by atoms with Crippen molar-refractivity contribution in [2.45, 2.75) is 24.8 Å². The van der Waals surface area contributed by atoms with Crippen molar-refractivity contribution in [3.8, 4) is 0 Å². The molecule has 0 bridgehead atoms. The van der Waals surface area contributed by atoms with Crippen molar-refractivity contribution in [2.24, 2.45) is 5.73 Å². The highest BCUT2D eigenvalue weighted by atomic mass is 35.5. The molecule has 1 aliphatic rings. The van der Waals surface area contributed by atoms with E-state index < -0.39 is 22.2 Å². The maximum atomic E-state index is 13.6. The van der Waals surface area contributed by atoms with Crippen molar-refractivity contribution in [1.82, 2.24) is 5.32 Å². The molecule has 0 atom stereocenters. The number of rotatable bonds is 4. The highest BCUT2D eigenvalue weighted by Gasteiger charge is 2.32. The minimum atomic E-state index is -0.911. The van der Waals surface area contributed by atoms with Crippen LogP contribution < -0.4 is 11.1 Å². The average Bonchev–Trinajstić information content (AvgIpc) is 2.33. The van der Waals surface area contributed by atoms with E-state index in [0.717, 1.165) is 37.5 Å². The average molecular weight is 304 g/mol. The van der Waals surface area contributed by atoms with Crippen LogP contribution in [-0.4, -0.2) is 22.9 Å². The minimum absolute atomic E-state index is 0. The lowest BCUT2D eigenvalue weighted by molar-refractivity contribution is -0.385. The van der Waals surface area contributed by atoms with Gasteiger partial charge in [0.25, 0.3) is 11.6 Å². The van der Waals surface area contributed by atoms with Crippen LogP contribution in [0.15, 0.2) is 18.2 Å². The SMILES string of the molecule is Cl.NC1(CNC(=O)c2ccc([N+](=O)[O-])cc2F)CCC1. The van der Waals surface area contributed by atoms with E-state index in [-0.39, 0.29) is 30.2 Å². The highest BCUT2D eigenvalue weighted by Crippen LogP contribution is 2.28. The molecule has 1 aromatic carbocycles. The molecule has 6 nitrogen and oxygen atoms in total. The smallest absolute Gasteiger partial charge is 0.272 e. The summed E-state index contributed by atoms with van der Waals surface area (Å²) in [7, 11) is 0. The van der Waals surface area contributed by atoms with Gasteiger partial charge in [-0.1, -0.05) is 0 Å². The van der Waals surface area contributed by atoms with Crippen molar-refractivity contribution >= 4 is 24.0 Å². The molecule has 1 amide bonds. The Morgan fingerprint density at radius 3 is 2.60 bits per heavy atom. The summed E-state index contributed by atoms with van der Waals surface area (Å²) < 4.78 is 13.6. The van der Waals surface area contributed by atoms with Gasteiger partial charge in [0.1, 0.15) is 5.82 Å². The number of halogens is 2. The number of carbonyl (C=O) groups excluding carboxylic acids is 1. The summed E-state index contributed by atoms with van der Waals surface area (Å²) in [6.45, 7) is 0.280. The van der Waals surface area contributed by atoms with Gasteiger partial charge in [0, 0.05) is 18.2 Å². The molecule has 3 N–H and O–H groups in total. The Morgan fingerprint density at radius 1 is 1.50 bits per heavy atom. The molecule has 0 spiro atoms. The van der Waals surface area contributed by atoms with E-state index in [4.69, 9.17) is 5.73 Å². The predicted octanol–water partition coefficient (Wildman–Crippen LogP) is 1.77. The lowest BCUT2D eigenvalue weighted by Crippen LogP contribution is -2.55. The Balaban J connectivity index is 0.00000200. The van der Waals surface area contributed by atoms with E-state index in [2.05, 4.69) is 5.32 Å². The zero-order valence-electron chi connectivity index (χ0n) is 10.6. The van der Waals surface area contributed by atoms with Gasteiger partial charge in [0.2, 0.25) is 0 Å². The molecule has 0 unspecified atom stereocenters. The second-order valence-electron chi connectivity index (χ2n) is 4.82. The van der Waals surface area contributed by atoms with Gasteiger partial charge >= 0.3 is 0 Å². The molecule has 2 rings (SSSR count). The predicted molar refractivity (Wildman–Crippen MR) is 73.4 cm³/mol. The van der Waals surface area contributed by atoms with Gasteiger partial charge in [-0.3, -0.25) is 14.9 Å². The van der Waals surface area contributed by atoms with Crippen LogP contribution >= 0.6 is 12.4 Å². The van der Waals surface area contributed by atoms with E-state index in [0.29, 0.717) is 0 Å². The number of benzene rings is 1. The number of nitrogens with one attached hydrogen (secondary N) is 1. The van der Waals surface area contributed by atoms with Crippen LogP contribution in [0, 0.1) is 15.9 Å². The number of carbonyl (C=O) groups is 1. The molecule has 1 saturated carbocycles. The van der Waals surface area contributed by atoms with E-state index in [1.165, 1.54) is 0 Å². The zero-order valence-corrected chi connectivity index (χ0v) is 11.4. The maximum Gasteiger partial charge on any atom is 0.272 e. The fourth-order valence-corrected chi connectivity index (χ4v) is 1.96. The first-order valence-corrected chi connectivity index (χ1v) is 5.92. The molecule has 1 fully saturated rings. The molecule has 0 aliphatic heterocycles. The van der Waals surface area contributed by atoms with Crippen molar-refractivity contribution in [2.75, 3.05) is 6.54 Å². The third-order valence-corrected chi connectivity index (χ3v) is 3.36. The molecule has 0 aromatic heterocycles. The molecule has 8 heteroatoms. The number of hydrogen-bond donors (Lipinski definition) is 2. The fraction of sp³-hybridized carbons (Fsp3) is 0.417. The highest BCUT2D eigenvalue weighted by molar-refractivity contribution is 5.94. The zero-order chi connectivity index (χ0) is 14.0. The summed E-state index contributed by atoms with van der Waals surface area (Å²) in [4.78, 5) is 21.5. The number of nitro benzene ring substituents is 1. The second-order valence-corrected chi connectivity index (χ2v) is 4.82. The number of nitro groups is 1. The standard InChI is InChI=1S/C12H14FN3O3.ClH/c13-10-6-8(16(18)19)2-3-9(10)11(17)15-7-12(14)4-1-5-12;/h2-3,6H,1,4-5,7,14H2,(H,15,17);1H. The Morgan fingerprint density at radius 2 is 2.15 bits per heavy atom.